The van der Waals surface area contributed by atoms with Crippen molar-refractivity contribution in [3.63, 3.8) is 0 Å². The number of nitrogens with zero attached hydrogens (tertiary/aromatic N) is 2. The van der Waals surface area contributed by atoms with Crippen LogP contribution in [-0.4, -0.2) is 36.3 Å². The van der Waals surface area contributed by atoms with Crippen LogP contribution < -0.4 is 5.56 Å². The average Bonchev–Trinajstić information content (AvgIpc) is 2.99. The molecule has 27 heavy (non-hydrogen) atoms. The quantitative estimate of drug-likeness (QED) is 0.467. The molecule has 8 nitrogen and oxygen atoms in total. The van der Waals surface area contributed by atoms with Crippen LogP contribution in [0.1, 0.15) is 22.5 Å². The Morgan fingerprint density at radius 3 is 2.67 bits per heavy atom. The van der Waals surface area contributed by atoms with Gasteiger partial charge in [-0.1, -0.05) is 18.2 Å². The standard InChI is InChI=1S/C18H18N2O6S/c1-12-14(15-16(26-12)19-11-20(2)17(15)21)18(22)25-9-6-10-27(23,24)13-7-4-3-5-8-13/h3-5,7-8,11H,6,9-10H2,1-2H3. The molecule has 2 heterocycles. The summed E-state index contributed by atoms with van der Waals surface area (Å²) < 4.78 is 36.2. The first kappa shape index (κ1) is 18.8. The Balaban J connectivity index is 1.69. The number of aryl methyl sites for hydroxylation is 2. The maximum absolute atomic E-state index is 12.4. The summed E-state index contributed by atoms with van der Waals surface area (Å²) in [5.74, 6) is -0.671. The number of ether oxygens (including phenoxy) is 1. The van der Waals surface area contributed by atoms with E-state index in [2.05, 4.69) is 4.98 Å². The zero-order chi connectivity index (χ0) is 19.6. The van der Waals surface area contributed by atoms with Crippen LogP contribution in [0.5, 0.6) is 0 Å². The summed E-state index contributed by atoms with van der Waals surface area (Å²) in [6.45, 7) is 1.44. The molecule has 0 spiro atoms. The van der Waals surface area contributed by atoms with Crippen molar-refractivity contribution in [2.45, 2.75) is 18.2 Å². The maximum atomic E-state index is 12.4. The fraction of sp³-hybridized carbons (Fsp3) is 0.278. The second-order valence-corrected chi connectivity index (χ2v) is 8.10. The van der Waals surface area contributed by atoms with Gasteiger partial charge in [-0.3, -0.25) is 4.79 Å². The summed E-state index contributed by atoms with van der Waals surface area (Å²) in [5.41, 5.74) is -0.339. The number of hydrogen-bond donors (Lipinski definition) is 0. The van der Waals surface area contributed by atoms with Crippen molar-refractivity contribution in [2.24, 2.45) is 7.05 Å². The number of furan rings is 1. The molecule has 1 aromatic carbocycles. The molecule has 9 heteroatoms. The lowest BCUT2D eigenvalue weighted by Crippen LogP contribution is -2.19. The third-order valence-electron chi connectivity index (χ3n) is 4.05. The molecule has 0 aliphatic carbocycles. The minimum Gasteiger partial charge on any atom is -0.462 e. The summed E-state index contributed by atoms with van der Waals surface area (Å²) in [4.78, 5) is 28.9. The Morgan fingerprint density at radius 2 is 1.96 bits per heavy atom. The van der Waals surface area contributed by atoms with Crippen molar-refractivity contribution in [1.29, 1.82) is 0 Å². The van der Waals surface area contributed by atoms with Crippen LogP contribution in [0.3, 0.4) is 0 Å². The normalized spacial score (nSPS) is 11.6. The third kappa shape index (κ3) is 3.77. The minimum atomic E-state index is -3.44. The highest BCUT2D eigenvalue weighted by molar-refractivity contribution is 7.91. The van der Waals surface area contributed by atoms with E-state index < -0.39 is 21.4 Å². The summed E-state index contributed by atoms with van der Waals surface area (Å²) in [6, 6.07) is 8.07. The topological polar surface area (TPSA) is 108 Å². The van der Waals surface area contributed by atoms with Gasteiger partial charge in [0, 0.05) is 7.05 Å². The van der Waals surface area contributed by atoms with Gasteiger partial charge < -0.3 is 13.7 Å². The van der Waals surface area contributed by atoms with E-state index in [9.17, 15) is 18.0 Å². The molecule has 0 fully saturated rings. The van der Waals surface area contributed by atoms with Gasteiger partial charge in [-0.15, -0.1) is 0 Å². The van der Waals surface area contributed by atoms with Crippen LogP contribution in [0.25, 0.3) is 11.1 Å². The molecule has 142 valence electrons. The van der Waals surface area contributed by atoms with Gasteiger partial charge in [0.1, 0.15) is 23.0 Å². The van der Waals surface area contributed by atoms with Crippen molar-refractivity contribution in [1.82, 2.24) is 9.55 Å². The Hall–Kier alpha value is -2.94. The van der Waals surface area contributed by atoms with Gasteiger partial charge >= 0.3 is 5.97 Å². The largest absolute Gasteiger partial charge is 0.462 e. The lowest BCUT2D eigenvalue weighted by Gasteiger charge is -2.06. The van der Waals surface area contributed by atoms with Gasteiger partial charge in [-0.2, -0.15) is 0 Å². The van der Waals surface area contributed by atoms with Crippen molar-refractivity contribution in [3.05, 3.63) is 58.3 Å². The predicted molar refractivity (Wildman–Crippen MR) is 97.4 cm³/mol. The number of esters is 1. The number of hydrogen-bond acceptors (Lipinski definition) is 7. The van der Waals surface area contributed by atoms with Crippen LogP contribution in [0, 0.1) is 6.92 Å². The van der Waals surface area contributed by atoms with Crippen molar-refractivity contribution in [3.8, 4) is 0 Å². The molecule has 0 unspecified atom stereocenters. The number of aromatic nitrogens is 2. The molecule has 0 saturated carbocycles. The van der Waals surface area contributed by atoms with Crippen molar-refractivity contribution in [2.75, 3.05) is 12.4 Å². The lowest BCUT2D eigenvalue weighted by molar-refractivity contribution is 0.0505. The molecule has 0 atom stereocenters. The first-order chi connectivity index (χ1) is 12.8. The highest BCUT2D eigenvalue weighted by Crippen LogP contribution is 2.21. The van der Waals surface area contributed by atoms with E-state index >= 15 is 0 Å². The van der Waals surface area contributed by atoms with Crippen molar-refractivity contribution >= 4 is 26.9 Å². The van der Waals surface area contributed by atoms with Crippen LogP contribution in [0.15, 0.2) is 50.8 Å². The van der Waals surface area contributed by atoms with Gasteiger partial charge in [0.05, 0.1) is 17.3 Å². The van der Waals surface area contributed by atoms with Gasteiger partial charge in [0.25, 0.3) is 5.56 Å². The smallest absolute Gasteiger partial charge is 0.342 e. The van der Waals surface area contributed by atoms with E-state index in [1.165, 1.54) is 37.0 Å². The molecule has 0 saturated heterocycles. The molecule has 0 N–H and O–H groups in total. The fourth-order valence-corrected chi connectivity index (χ4v) is 3.97. The first-order valence-corrected chi connectivity index (χ1v) is 9.86. The second-order valence-electron chi connectivity index (χ2n) is 6.00. The maximum Gasteiger partial charge on any atom is 0.342 e. The molecular formula is C18H18N2O6S. The van der Waals surface area contributed by atoms with Crippen LogP contribution in [0.4, 0.5) is 0 Å². The average molecular weight is 390 g/mol. The predicted octanol–water partition coefficient (Wildman–Crippen LogP) is 1.86. The Morgan fingerprint density at radius 1 is 1.26 bits per heavy atom. The molecule has 3 rings (SSSR count). The van der Waals surface area contributed by atoms with E-state index in [0.29, 0.717) is 0 Å². The second kappa shape index (κ2) is 7.36. The zero-order valence-electron chi connectivity index (χ0n) is 14.8. The summed E-state index contributed by atoms with van der Waals surface area (Å²) in [5, 5.41) is 0.0550. The van der Waals surface area contributed by atoms with Gasteiger partial charge in [-0.05, 0) is 25.5 Å². The van der Waals surface area contributed by atoms with E-state index in [-0.39, 0.29) is 46.1 Å². The van der Waals surface area contributed by atoms with Gasteiger partial charge in [0.2, 0.25) is 5.71 Å². The van der Waals surface area contributed by atoms with Crippen LogP contribution in [-0.2, 0) is 21.6 Å². The van der Waals surface area contributed by atoms with Gasteiger partial charge in [-0.25, -0.2) is 18.2 Å². The van der Waals surface area contributed by atoms with E-state index in [1.54, 1.807) is 18.2 Å². The van der Waals surface area contributed by atoms with E-state index in [0.717, 1.165) is 0 Å². The fourth-order valence-electron chi connectivity index (χ4n) is 2.66. The van der Waals surface area contributed by atoms with Gasteiger partial charge in [0.15, 0.2) is 9.84 Å². The molecule has 0 aliphatic rings. The highest BCUT2D eigenvalue weighted by Gasteiger charge is 2.24. The van der Waals surface area contributed by atoms with E-state index in [1.807, 2.05) is 0 Å². The summed E-state index contributed by atoms with van der Waals surface area (Å²) in [7, 11) is -1.93. The number of rotatable bonds is 6. The van der Waals surface area contributed by atoms with Crippen LogP contribution >= 0.6 is 0 Å². The minimum absolute atomic E-state index is 0.0182. The molecule has 2 aromatic heterocycles. The van der Waals surface area contributed by atoms with E-state index in [4.69, 9.17) is 9.15 Å². The molecular weight excluding hydrogens is 372 g/mol. The molecule has 0 bridgehead atoms. The summed E-state index contributed by atoms with van der Waals surface area (Å²) in [6.07, 6.45) is 1.44. The highest BCUT2D eigenvalue weighted by atomic mass is 32.2. The van der Waals surface area contributed by atoms with Crippen molar-refractivity contribution < 1.29 is 22.4 Å². The molecule has 0 amide bonds. The number of benzene rings is 1. The monoisotopic (exact) mass is 390 g/mol. The first-order valence-electron chi connectivity index (χ1n) is 8.21. The molecule has 0 aliphatic heterocycles. The third-order valence-corrected chi connectivity index (χ3v) is 5.86. The number of fused-ring (bicyclic) bond motifs is 1. The number of carbonyl (C=O) groups excluding carboxylic acids is 1. The van der Waals surface area contributed by atoms with Crippen LogP contribution in [0.2, 0.25) is 0 Å². The number of carbonyl (C=O) groups is 1. The molecule has 3 aromatic rings. The number of sulfone groups is 1. The molecule has 0 radical (unpaired) electrons. The lowest BCUT2D eigenvalue weighted by atomic mass is 10.2. The SMILES string of the molecule is Cc1oc2ncn(C)c(=O)c2c1C(=O)OCCCS(=O)(=O)c1ccccc1. The zero-order valence-corrected chi connectivity index (χ0v) is 15.7. The Bertz CT molecular complexity index is 1150. The Kier molecular flexibility index (Phi) is 5.13. The summed E-state index contributed by atoms with van der Waals surface area (Å²) >= 11 is 0. The Labute approximate surface area is 155 Å².